The van der Waals surface area contributed by atoms with Crippen LogP contribution in [0.2, 0.25) is 0 Å². The Kier molecular flexibility index (Phi) is 5.67. The summed E-state index contributed by atoms with van der Waals surface area (Å²) in [6, 6.07) is 15.0. The number of benzene rings is 2. The van der Waals surface area contributed by atoms with Crippen molar-refractivity contribution in [3.05, 3.63) is 59.7 Å². The van der Waals surface area contributed by atoms with Crippen molar-refractivity contribution in [2.75, 3.05) is 26.3 Å². The number of nitrogens with zero attached hydrogens (tertiary/aromatic N) is 1. The number of amides is 2. The molecule has 2 amide bonds. The summed E-state index contributed by atoms with van der Waals surface area (Å²) in [5.74, 6) is 0.599. The van der Waals surface area contributed by atoms with Gasteiger partial charge in [0.1, 0.15) is 13.2 Å². The largest absolute Gasteiger partial charge is 0.486 e. The fourth-order valence-corrected chi connectivity index (χ4v) is 3.63. The van der Waals surface area contributed by atoms with Crippen LogP contribution in [-0.2, 0) is 16.1 Å². The molecular formula is C22H24N2O5. The van der Waals surface area contributed by atoms with E-state index in [4.69, 9.17) is 9.47 Å². The van der Waals surface area contributed by atoms with Crippen molar-refractivity contribution in [1.29, 1.82) is 0 Å². The molecule has 2 unspecified atom stereocenters. The number of likely N-dealkylation sites (tertiary alicyclic amines) is 1. The van der Waals surface area contributed by atoms with Crippen LogP contribution in [0, 0.1) is 5.92 Å². The minimum absolute atomic E-state index is 0.0265. The van der Waals surface area contributed by atoms with E-state index in [0.717, 1.165) is 5.56 Å². The van der Waals surface area contributed by atoms with Crippen molar-refractivity contribution < 1.29 is 24.2 Å². The Morgan fingerprint density at radius 3 is 2.69 bits per heavy atom. The van der Waals surface area contributed by atoms with Crippen LogP contribution in [0.5, 0.6) is 11.5 Å². The van der Waals surface area contributed by atoms with Gasteiger partial charge in [0.05, 0.1) is 12.0 Å². The van der Waals surface area contributed by atoms with Crippen molar-refractivity contribution in [1.82, 2.24) is 10.2 Å². The quantitative estimate of drug-likeness (QED) is 0.775. The van der Waals surface area contributed by atoms with Gasteiger partial charge in [0.25, 0.3) is 0 Å². The first kappa shape index (κ1) is 19.3. The van der Waals surface area contributed by atoms with Gasteiger partial charge in [-0.15, -0.1) is 0 Å². The Balaban J connectivity index is 1.30. The number of fused-ring (bicyclic) bond motifs is 1. The lowest BCUT2D eigenvalue weighted by molar-refractivity contribution is -0.129. The summed E-state index contributed by atoms with van der Waals surface area (Å²) in [6.07, 6.45) is -0.675. The highest BCUT2D eigenvalue weighted by atomic mass is 16.6. The van der Waals surface area contributed by atoms with Crippen LogP contribution in [0.3, 0.4) is 0 Å². The molecule has 0 aromatic heterocycles. The smallest absolute Gasteiger partial charge is 0.225 e. The molecule has 7 nitrogen and oxygen atoms in total. The van der Waals surface area contributed by atoms with E-state index in [1.165, 1.54) is 0 Å². The van der Waals surface area contributed by atoms with Crippen LogP contribution < -0.4 is 14.8 Å². The van der Waals surface area contributed by atoms with Gasteiger partial charge in [-0.2, -0.15) is 0 Å². The lowest BCUT2D eigenvalue weighted by Gasteiger charge is -2.20. The third-order valence-corrected chi connectivity index (χ3v) is 5.22. The summed E-state index contributed by atoms with van der Waals surface area (Å²) in [7, 11) is 0. The number of hydrogen-bond donors (Lipinski definition) is 2. The number of carbonyl (C=O) groups excluding carboxylic acids is 2. The second-order valence-electron chi connectivity index (χ2n) is 7.32. The highest BCUT2D eigenvalue weighted by Gasteiger charge is 2.34. The van der Waals surface area contributed by atoms with Crippen LogP contribution in [0.25, 0.3) is 0 Å². The zero-order valence-electron chi connectivity index (χ0n) is 16.0. The first-order valence-electron chi connectivity index (χ1n) is 9.77. The second-order valence-corrected chi connectivity index (χ2v) is 7.32. The number of nitrogens with one attached hydrogen (secondary N) is 1. The Bertz CT molecular complexity index is 886. The van der Waals surface area contributed by atoms with Crippen LogP contribution in [-0.4, -0.2) is 48.1 Å². The molecule has 2 aromatic rings. The van der Waals surface area contributed by atoms with E-state index >= 15 is 0 Å². The Morgan fingerprint density at radius 1 is 1.14 bits per heavy atom. The molecule has 1 saturated heterocycles. The molecule has 7 heteroatoms. The molecule has 2 atom stereocenters. The number of rotatable bonds is 6. The zero-order chi connectivity index (χ0) is 20.2. The molecule has 29 heavy (non-hydrogen) atoms. The standard InChI is InChI=1S/C22H24N2O5/c25-18(16-6-7-19-20(10-16)29-9-8-28-19)12-23-22(27)17-11-21(26)24(14-17)13-15-4-2-1-3-5-15/h1-7,10,17-18,25H,8-9,11-14H2,(H,23,27). The fourth-order valence-electron chi connectivity index (χ4n) is 3.63. The summed E-state index contributed by atoms with van der Waals surface area (Å²) in [5, 5.41) is 13.2. The summed E-state index contributed by atoms with van der Waals surface area (Å²) in [5.41, 5.74) is 1.68. The molecule has 2 heterocycles. The first-order valence-corrected chi connectivity index (χ1v) is 9.77. The van der Waals surface area contributed by atoms with Crippen LogP contribution in [0.1, 0.15) is 23.7 Å². The average Bonchev–Trinajstić information content (AvgIpc) is 3.12. The molecule has 2 N–H and O–H groups in total. The molecule has 1 fully saturated rings. The molecule has 152 valence electrons. The molecular weight excluding hydrogens is 372 g/mol. The minimum atomic E-state index is -0.868. The van der Waals surface area contributed by atoms with Gasteiger partial charge in [-0.1, -0.05) is 36.4 Å². The summed E-state index contributed by atoms with van der Waals surface area (Å²) in [6.45, 7) is 1.94. The molecule has 2 aliphatic rings. The van der Waals surface area contributed by atoms with E-state index < -0.39 is 12.0 Å². The number of hydrogen-bond acceptors (Lipinski definition) is 5. The summed E-state index contributed by atoms with van der Waals surface area (Å²) >= 11 is 0. The van der Waals surface area contributed by atoms with Crippen molar-refractivity contribution >= 4 is 11.8 Å². The van der Waals surface area contributed by atoms with Gasteiger partial charge in [0.2, 0.25) is 11.8 Å². The van der Waals surface area contributed by atoms with Crippen molar-refractivity contribution in [2.45, 2.75) is 19.1 Å². The number of ether oxygens (including phenoxy) is 2. The topological polar surface area (TPSA) is 88.1 Å². The van der Waals surface area contributed by atoms with E-state index in [-0.39, 0.29) is 24.8 Å². The van der Waals surface area contributed by atoms with Gasteiger partial charge in [0.15, 0.2) is 11.5 Å². The van der Waals surface area contributed by atoms with E-state index in [1.54, 1.807) is 23.1 Å². The predicted molar refractivity (Wildman–Crippen MR) is 105 cm³/mol. The fraction of sp³-hybridized carbons (Fsp3) is 0.364. The first-order chi connectivity index (χ1) is 14.1. The van der Waals surface area contributed by atoms with Crippen LogP contribution in [0.15, 0.2) is 48.5 Å². The van der Waals surface area contributed by atoms with Gasteiger partial charge in [-0.05, 0) is 23.3 Å². The Hall–Kier alpha value is -3.06. The van der Waals surface area contributed by atoms with E-state index in [2.05, 4.69) is 5.32 Å². The molecule has 4 rings (SSSR count). The maximum Gasteiger partial charge on any atom is 0.225 e. The van der Waals surface area contributed by atoms with Gasteiger partial charge in [0, 0.05) is 26.1 Å². The molecule has 2 aliphatic heterocycles. The number of carbonyl (C=O) groups is 2. The van der Waals surface area contributed by atoms with Gasteiger partial charge in [-0.25, -0.2) is 0 Å². The molecule has 0 spiro atoms. The minimum Gasteiger partial charge on any atom is -0.486 e. The zero-order valence-corrected chi connectivity index (χ0v) is 16.0. The van der Waals surface area contributed by atoms with Crippen molar-refractivity contribution in [2.24, 2.45) is 5.92 Å². The molecule has 0 saturated carbocycles. The summed E-state index contributed by atoms with van der Waals surface area (Å²) in [4.78, 5) is 26.5. The highest BCUT2D eigenvalue weighted by molar-refractivity contribution is 5.89. The molecule has 0 bridgehead atoms. The van der Waals surface area contributed by atoms with Crippen LogP contribution in [0.4, 0.5) is 0 Å². The molecule has 2 aromatic carbocycles. The van der Waals surface area contributed by atoms with Gasteiger partial charge in [-0.3, -0.25) is 9.59 Å². The third-order valence-electron chi connectivity index (χ3n) is 5.22. The van der Waals surface area contributed by atoms with E-state index in [9.17, 15) is 14.7 Å². The van der Waals surface area contributed by atoms with Gasteiger partial charge >= 0.3 is 0 Å². The second kappa shape index (κ2) is 8.53. The predicted octanol–water partition coefficient (Wildman–Crippen LogP) is 1.66. The highest BCUT2D eigenvalue weighted by Crippen LogP contribution is 2.32. The maximum atomic E-state index is 12.5. The SMILES string of the molecule is O=C(NCC(O)c1ccc2c(c1)OCCO2)C1CC(=O)N(Cc2ccccc2)C1. The number of aliphatic hydroxyl groups is 1. The van der Waals surface area contributed by atoms with E-state index in [1.807, 2.05) is 30.3 Å². The Morgan fingerprint density at radius 2 is 1.90 bits per heavy atom. The van der Waals surface area contributed by atoms with Crippen molar-refractivity contribution in [3.8, 4) is 11.5 Å². The molecule has 0 radical (unpaired) electrons. The van der Waals surface area contributed by atoms with Crippen molar-refractivity contribution in [3.63, 3.8) is 0 Å². The number of aliphatic hydroxyl groups excluding tert-OH is 1. The maximum absolute atomic E-state index is 12.5. The average molecular weight is 396 g/mol. The van der Waals surface area contributed by atoms with Gasteiger partial charge < -0.3 is 24.8 Å². The third kappa shape index (κ3) is 4.51. The monoisotopic (exact) mass is 396 g/mol. The lowest BCUT2D eigenvalue weighted by atomic mass is 10.1. The Labute approximate surface area is 169 Å². The molecule has 0 aliphatic carbocycles. The lowest BCUT2D eigenvalue weighted by Crippen LogP contribution is -2.35. The normalized spacial score (nSPS) is 19.1. The van der Waals surface area contributed by atoms with E-state index in [0.29, 0.717) is 43.4 Å². The summed E-state index contributed by atoms with van der Waals surface area (Å²) < 4.78 is 11.0. The van der Waals surface area contributed by atoms with Crippen LogP contribution >= 0.6 is 0 Å².